The third-order valence-corrected chi connectivity index (χ3v) is 3.38. The van der Waals surface area contributed by atoms with Crippen LogP contribution in [0.15, 0.2) is 33.3 Å². The first-order valence-electron chi connectivity index (χ1n) is 5.67. The Labute approximate surface area is 113 Å². The van der Waals surface area contributed by atoms with Crippen molar-refractivity contribution < 1.29 is 8.91 Å². The quantitative estimate of drug-likeness (QED) is 0.934. The highest BCUT2D eigenvalue weighted by Gasteiger charge is 2.10. The van der Waals surface area contributed by atoms with Gasteiger partial charge in [-0.05, 0) is 31.5 Å². The van der Waals surface area contributed by atoms with Gasteiger partial charge in [-0.25, -0.2) is 4.39 Å². The maximum absolute atomic E-state index is 13.0. The summed E-state index contributed by atoms with van der Waals surface area (Å²) in [5, 5.41) is 7.22. The van der Waals surface area contributed by atoms with Crippen LogP contribution in [0.25, 0.3) is 0 Å². The smallest absolute Gasteiger partial charge is 0.133 e. The summed E-state index contributed by atoms with van der Waals surface area (Å²) in [6.45, 7) is 4.49. The lowest BCUT2D eigenvalue weighted by Gasteiger charge is -2.14. The molecule has 0 bridgehead atoms. The van der Waals surface area contributed by atoms with Crippen molar-refractivity contribution in [3.05, 3.63) is 51.6 Å². The molecular weight excluding hydrogens is 299 g/mol. The van der Waals surface area contributed by atoms with Crippen LogP contribution in [0.5, 0.6) is 0 Å². The van der Waals surface area contributed by atoms with Gasteiger partial charge in [0.25, 0.3) is 0 Å². The molecule has 5 heteroatoms. The van der Waals surface area contributed by atoms with E-state index >= 15 is 0 Å². The molecule has 0 spiro atoms. The van der Waals surface area contributed by atoms with Gasteiger partial charge in [0.05, 0.1) is 5.69 Å². The van der Waals surface area contributed by atoms with E-state index in [-0.39, 0.29) is 11.9 Å². The summed E-state index contributed by atoms with van der Waals surface area (Å²) in [6, 6.07) is 6.67. The zero-order valence-electron chi connectivity index (χ0n) is 10.2. The first-order valence-corrected chi connectivity index (χ1v) is 6.46. The summed E-state index contributed by atoms with van der Waals surface area (Å²) in [5.74, 6) is 0.548. The molecule has 3 nitrogen and oxygen atoms in total. The molecular formula is C13H14BrFN2O. The van der Waals surface area contributed by atoms with Gasteiger partial charge >= 0.3 is 0 Å². The number of hydrogen-bond donors (Lipinski definition) is 1. The Hall–Kier alpha value is -1.20. The van der Waals surface area contributed by atoms with Crippen LogP contribution in [0.4, 0.5) is 4.39 Å². The molecule has 0 aliphatic heterocycles. The molecule has 0 radical (unpaired) electrons. The zero-order chi connectivity index (χ0) is 13.1. The summed E-state index contributed by atoms with van der Waals surface area (Å²) in [7, 11) is 0. The molecule has 0 fully saturated rings. The van der Waals surface area contributed by atoms with Crippen molar-refractivity contribution in [2.45, 2.75) is 26.4 Å². The molecule has 1 unspecified atom stereocenters. The van der Waals surface area contributed by atoms with Gasteiger partial charge in [-0.1, -0.05) is 27.2 Å². The Morgan fingerprint density at radius 1 is 1.44 bits per heavy atom. The lowest BCUT2D eigenvalue weighted by Crippen LogP contribution is -2.18. The SMILES string of the molecule is Cc1cc(CNC(C)c2ccc(F)cc2Br)no1. The second-order valence-corrected chi connectivity index (χ2v) is 5.05. The van der Waals surface area contributed by atoms with Crippen LogP contribution in [0.3, 0.4) is 0 Å². The average molecular weight is 313 g/mol. The molecule has 0 amide bonds. The molecule has 0 saturated carbocycles. The predicted octanol–water partition coefficient (Wildman–Crippen LogP) is 3.74. The van der Waals surface area contributed by atoms with Gasteiger partial charge in [0.2, 0.25) is 0 Å². The number of aromatic nitrogens is 1. The van der Waals surface area contributed by atoms with Gasteiger partial charge in [-0.2, -0.15) is 0 Å². The lowest BCUT2D eigenvalue weighted by molar-refractivity contribution is 0.386. The van der Waals surface area contributed by atoms with E-state index < -0.39 is 0 Å². The summed E-state index contributed by atoms with van der Waals surface area (Å²) in [6.07, 6.45) is 0. The minimum Gasteiger partial charge on any atom is -0.361 e. The van der Waals surface area contributed by atoms with Gasteiger partial charge in [0.1, 0.15) is 11.6 Å². The predicted molar refractivity (Wildman–Crippen MR) is 70.6 cm³/mol. The fraction of sp³-hybridized carbons (Fsp3) is 0.308. The normalized spacial score (nSPS) is 12.7. The molecule has 0 aliphatic carbocycles. The van der Waals surface area contributed by atoms with Crippen molar-refractivity contribution in [1.82, 2.24) is 10.5 Å². The number of halogens is 2. The van der Waals surface area contributed by atoms with Crippen LogP contribution in [0.1, 0.15) is 30.0 Å². The van der Waals surface area contributed by atoms with E-state index in [1.807, 2.05) is 19.9 Å². The fourth-order valence-corrected chi connectivity index (χ4v) is 2.42. The first-order chi connectivity index (χ1) is 8.56. The van der Waals surface area contributed by atoms with Crippen LogP contribution in [0, 0.1) is 12.7 Å². The Bertz CT molecular complexity index is 542. The number of rotatable bonds is 4. The van der Waals surface area contributed by atoms with E-state index in [9.17, 15) is 4.39 Å². The Kier molecular flexibility index (Phi) is 4.14. The van der Waals surface area contributed by atoms with Gasteiger partial charge in [0.15, 0.2) is 0 Å². The molecule has 18 heavy (non-hydrogen) atoms. The standard InChI is InChI=1S/C13H14BrFN2O/c1-8-5-11(17-18-8)7-16-9(2)12-4-3-10(15)6-13(12)14/h3-6,9,16H,7H2,1-2H3. The summed E-state index contributed by atoms with van der Waals surface area (Å²) >= 11 is 3.36. The highest BCUT2D eigenvalue weighted by molar-refractivity contribution is 9.10. The van der Waals surface area contributed by atoms with Gasteiger partial charge in [-0.15, -0.1) is 0 Å². The molecule has 1 N–H and O–H groups in total. The second kappa shape index (κ2) is 5.63. The van der Waals surface area contributed by atoms with Gasteiger partial charge < -0.3 is 9.84 Å². The molecule has 96 valence electrons. The molecule has 2 rings (SSSR count). The van der Waals surface area contributed by atoms with Gasteiger partial charge in [-0.3, -0.25) is 0 Å². The molecule has 1 heterocycles. The largest absolute Gasteiger partial charge is 0.361 e. The number of nitrogens with one attached hydrogen (secondary N) is 1. The highest BCUT2D eigenvalue weighted by atomic mass is 79.9. The Morgan fingerprint density at radius 3 is 2.83 bits per heavy atom. The van der Waals surface area contributed by atoms with Crippen LogP contribution in [-0.4, -0.2) is 5.16 Å². The Morgan fingerprint density at radius 2 is 2.22 bits per heavy atom. The summed E-state index contributed by atoms with van der Waals surface area (Å²) in [5.41, 5.74) is 1.87. The molecule has 1 aromatic heterocycles. The molecule has 0 saturated heterocycles. The van der Waals surface area contributed by atoms with Crippen molar-refractivity contribution in [1.29, 1.82) is 0 Å². The minimum atomic E-state index is -0.245. The monoisotopic (exact) mass is 312 g/mol. The highest BCUT2D eigenvalue weighted by Crippen LogP contribution is 2.24. The maximum Gasteiger partial charge on any atom is 0.133 e. The van der Waals surface area contributed by atoms with E-state index in [1.54, 1.807) is 6.07 Å². The van der Waals surface area contributed by atoms with Crippen molar-refractivity contribution in [3.8, 4) is 0 Å². The van der Waals surface area contributed by atoms with Crippen molar-refractivity contribution in [2.75, 3.05) is 0 Å². The van der Waals surface area contributed by atoms with Crippen molar-refractivity contribution in [3.63, 3.8) is 0 Å². The third kappa shape index (κ3) is 3.17. The molecule has 0 aliphatic rings. The topological polar surface area (TPSA) is 38.1 Å². The van der Waals surface area contributed by atoms with E-state index in [2.05, 4.69) is 26.4 Å². The summed E-state index contributed by atoms with van der Waals surface area (Å²) < 4.78 is 18.7. The van der Waals surface area contributed by atoms with Crippen LogP contribution >= 0.6 is 15.9 Å². The van der Waals surface area contributed by atoms with E-state index in [0.717, 1.165) is 21.5 Å². The summed E-state index contributed by atoms with van der Waals surface area (Å²) in [4.78, 5) is 0. The maximum atomic E-state index is 13.0. The van der Waals surface area contributed by atoms with Crippen molar-refractivity contribution in [2.24, 2.45) is 0 Å². The number of hydrogen-bond acceptors (Lipinski definition) is 3. The second-order valence-electron chi connectivity index (χ2n) is 4.20. The Balaban J connectivity index is 2.01. The molecule has 2 aromatic rings. The van der Waals surface area contributed by atoms with Crippen LogP contribution in [0.2, 0.25) is 0 Å². The van der Waals surface area contributed by atoms with E-state index in [4.69, 9.17) is 4.52 Å². The number of benzene rings is 1. The first kappa shape index (κ1) is 13.2. The minimum absolute atomic E-state index is 0.0944. The average Bonchev–Trinajstić information content (AvgIpc) is 2.72. The van der Waals surface area contributed by atoms with E-state index in [0.29, 0.717) is 6.54 Å². The number of aryl methyl sites for hydroxylation is 1. The van der Waals surface area contributed by atoms with E-state index in [1.165, 1.54) is 12.1 Å². The van der Waals surface area contributed by atoms with Gasteiger partial charge in [0, 0.05) is 23.1 Å². The fourth-order valence-electron chi connectivity index (χ4n) is 1.72. The molecule has 1 atom stereocenters. The van der Waals surface area contributed by atoms with Crippen LogP contribution < -0.4 is 5.32 Å². The molecule has 1 aromatic carbocycles. The number of nitrogens with zero attached hydrogens (tertiary/aromatic N) is 1. The third-order valence-electron chi connectivity index (χ3n) is 2.70. The van der Waals surface area contributed by atoms with Crippen molar-refractivity contribution >= 4 is 15.9 Å². The lowest BCUT2D eigenvalue weighted by atomic mass is 10.1. The van der Waals surface area contributed by atoms with Crippen LogP contribution in [-0.2, 0) is 6.54 Å². The zero-order valence-corrected chi connectivity index (χ0v) is 11.8.